The first-order valence-electron chi connectivity index (χ1n) is 11.3. The molecule has 2 aromatic carbocycles. The molecular formula is C27H26BrN5O2S. The van der Waals surface area contributed by atoms with Gasteiger partial charge in [-0.05, 0) is 88.2 Å². The summed E-state index contributed by atoms with van der Waals surface area (Å²) in [5.41, 5.74) is 4.08. The Labute approximate surface area is 223 Å². The second-order valence-corrected chi connectivity index (χ2v) is 11.3. The third kappa shape index (κ3) is 5.40. The molecule has 36 heavy (non-hydrogen) atoms. The molecule has 0 unspecified atom stereocenters. The maximum absolute atomic E-state index is 13.4. The molecule has 0 saturated heterocycles. The van der Waals surface area contributed by atoms with Crippen molar-refractivity contribution < 1.29 is 9.53 Å². The number of carbonyl (C=O) groups excluding carboxylic acids is 1. The molecule has 0 aliphatic rings. The van der Waals surface area contributed by atoms with E-state index in [1.165, 1.54) is 4.90 Å². The van der Waals surface area contributed by atoms with Crippen molar-refractivity contribution >= 4 is 56.5 Å². The van der Waals surface area contributed by atoms with E-state index in [0.717, 1.165) is 31.0 Å². The van der Waals surface area contributed by atoms with Crippen LogP contribution in [0.4, 0.5) is 16.4 Å². The van der Waals surface area contributed by atoms with E-state index in [1.807, 2.05) is 44.6 Å². The van der Waals surface area contributed by atoms with Crippen molar-refractivity contribution in [1.82, 2.24) is 14.5 Å². The van der Waals surface area contributed by atoms with E-state index in [-0.39, 0.29) is 5.95 Å². The molecule has 2 aromatic heterocycles. The molecule has 1 amide bonds. The second-order valence-electron chi connectivity index (χ2n) is 9.43. The molecule has 0 saturated carbocycles. The van der Waals surface area contributed by atoms with E-state index in [1.54, 1.807) is 36.0 Å². The number of hydrogen-bond acceptors (Lipinski definition) is 6. The Balaban J connectivity index is 1.90. The predicted molar refractivity (Wildman–Crippen MR) is 146 cm³/mol. The third-order valence-electron chi connectivity index (χ3n) is 5.33. The van der Waals surface area contributed by atoms with Crippen molar-refractivity contribution in [2.24, 2.45) is 7.05 Å². The van der Waals surface area contributed by atoms with Crippen molar-refractivity contribution in [3.63, 3.8) is 0 Å². The van der Waals surface area contributed by atoms with E-state index in [2.05, 4.69) is 48.0 Å². The van der Waals surface area contributed by atoms with Gasteiger partial charge in [-0.2, -0.15) is 5.26 Å². The van der Waals surface area contributed by atoms with Crippen molar-refractivity contribution in [2.75, 3.05) is 4.90 Å². The van der Waals surface area contributed by atoms with Gasteiger partial charge in [-0.15, -0.1) is 0 Å². The summed E-state index contributed by atoms with van der Waals surface area (Å²) in [6.07, 6.45) is 1.32. The molecule has 4 rings (SSSR count). The number of aromatic nitrogens is 3. The van der Waals surface area contributed by atoms with Gasteiger partial charge in [-0.25, -0.2) is 19.7 Å². The van der Waals surface area contributed by atoms with Crippen LogP contribution in [0.1, 0.15) is 37.5 Å². The Morgan fingerprint density at radius 2 is 1.75 bits per heavy atom. The number of ether oxygens (including phenoxy) is 1. The molecule has 0 fully saturated rings. The van der Waals surface area contributed by atoms with Crippen LogP contribution in [0.25, 0.3) is 11.0 Å². The van der Waals surface area contributed by atoms with E-state index in [9.17, 15) is 10.1 Å². The number of benzene rings is 2. The van der Waals surface area contributed by atoms with Crippen LogP contribution in [-0.2, 0) is 11.8 Å². The van der Waals surface area contributed by atoms with Crippen LogP contribution >= 0.6 is 27.7 Å². The fourth-order valence-electron chi connectivity index (χ4n) is 3.77. The zero-order valence-corrected chi connectivity index (χ0v) is 23.4. The maximum Gasteiger partial charge on any atom is 0.421 e. The minimum Gasteiger partial charge on any atom is -0.443 e. The molecule has 0 aliphatic heterocycles. The Morgan fingerprint density at radius 3 is 2.33 bits per heavy atom. The lowest BCUT2D eigenvalue weighted by Crippen LogP contribution is -2.34. The molecule has 7 nitrogen and oxygen atoms in total. The molecule has 2 heterocycles. The molecule has 0 bridgehead atoms. The topological polar surface area (TPSA) is 84.0 Å². The summed E-state index contributed by atoms with van der Waals surface area (Å²) in [5, 5.41) is 9.94. The van der Waals surface area contributed by atoms with Gasteiger partial charge in [0, 0.05) is 22.6 Å². The second kappa shape index (κ2) is 9.96. The number of nitriles is 1. The average Bonchev–Trinajstić information content (AvgIpc) is 3.16. The molecule has 0 spiro atoms. The van der Waals surface area contributed by atoms with Gasteiger partial charge in [0.15, 0.2) is 0 Å². The fourth-order valence-corrected chi connectivity index (χ4v) is 5.56. The van der Waals surface area contributed by atoms with Crippen LogP contribution in [-0.4, -0.2) is 26.2 Å². The average molecular weight is 565 g/mol. The van der Waals surface area contributed by atoms with E-state index in [4.69, 9.17) is 14.7 Å². The first-order chi connectivity index (χ1) is 17.0. The molecule has 0 radical (unpaired) electrons. The highest BCUT2D eigenvalue weighted by molar-refractivity contribution is 9.10. The number of hydrogen-bond donors (Lipinski definition) is 0. The number of carbonyl (C=O) groups is 1. The number of fused-ring (bicyclic) bond motifs is 1. The number of anilines is 2. The van der Waals surface area contributed by atoms with Crippen molar-refractivity contribution in [3.05, 3.63) is 69.8 Å². The number of aryl methyl sites for hydroxylation is 3. The standard InChI is InChI=1S/C27H26BrN5O2S/c1-16-13-19(28)14-17(2)23(16)36-24-22-21(11-12-32(22)6)30-25(31-24)33(26(34)35-27(3,4)5)20-9-7-18(15-29)8-10-20/h7-14H,1-6H3. The lowest BCUT2D eigenvalue weighted by molar-refractivity contribution is 0.0597. The van der Waals surface area contributed by atoms with E-state index >= 15 is 0 Å². The minimum absolute atomic E-state index is 0.197. The van der Waals surface area contributed by atoms with Gasteiger partial charge in [0.1, 0.15) is 10.6 Å². The summed E-state index contributed by atoms with van der Waals surface area (Å²) in [4.78, 5) is 25.5. The Kier molecular flexibility index (Phi) is 7.12. The zero-order chi connectivity index (χ0) is 26.2. The summed E-state index contributed by atoms with van der Waals surface area (Å²) in [6.45, 7) is 9.55. The summed E-state index contributed by atoms with van der Waals surface area (Å²) in [7, 11) is 1.95. The quantitative estimate of drug-likeness (QED) is 0.240. The van der Waals surface area contributed by atoms with Gasteiger partial charge < -0.3 is 9.30 Å². The highest BCUT2D eigenvalue weighted by atomic mass is 79.9. The maximum atomic E-state index is 13.4. The molecular weight excluding hydrogens is 538 g/mol. The number of halogens is 1. The van der Waals surface area contributed by atoms with Crippen LogP contribution < -0.4 is 4.90 Å². The number of amides is 1. The lowest BCUT2D eigenvalue weighted by Gasteiger charge is -2.26. The molecule has 9 heteroatoms. The van der Waals surface area contributed by atoms with E-state index in [0.29, 0.717) is 16.8 Å². The zero-order valence-electron chi connectivity index (χ0n) is 21.0. The summed E-state index contributed by atoms with van der Waals surface area (Å²) < 4.78 is 8.71. The summed E-state index contributed by atoms with van der Waals surface area (Å²) >= 11 is 5.11. The number of rotatable bonds is 4. The number of nitrogens with zero attached hydrogens (tertiary/aromatic N) is 5. The van der Waals surface area contributed by atoms with Crippen LogP contribution in [0.15, 0.2) is 63.1 Å². The van der Waals surface area contributed by atoms with Crippen molar-refractivity contribution in [3.8, 4) is 6.07 Å². The van der Waals surface area contributed by atoms with Gasteiger partial charge in [0.2, 0.25) is 5.95 Å². The molecule has 4 aromatic rings. The lowest BCUT2D eigenvalue weighted by atomic mass is 10.2. The third-order valence-corrected chi connectivity index (χ3v) is 7.11. The first-order valence-corrected chi connectivity index (χ1v) is 12.9. The minimum atomic E-state index is -0.720. The van der Waals surface area contributed by atoms with Crippen LogP contribution in [0.5, 0.6) is 0 Å². The van der Waals surface area contributed by atoms with Crippen LogP contribution in [0.3, 0.4) is 0 Å². The van der Waals surface area contributed by atoms with Gasteiger partial charge in [0.25, 0.3) is 0 Å². The van der Waals surface area contributed by atoms with Gasteiger partial charge in [-0.3, -0.25) is 0 Å². The summed E-state index contributed by atoms with van der Waals surface area (Å²) in [5.74, 6) is 0.197. The monoisotopic (exact) mass is 563 g/mol. The van der Waals surface area contributed by atoms with Crippen molar-refractivity contribution in [2.45, 2.75) is 50.1 Å². The molecule has 0 atom stereocenters. The van der Waals surface area contributed by atoms with Crippen LogP contribution in [0, 0.1) is 25.2 Å². The molecule has 184 valence electrons. The normalized spacial score (nSPS) is 11.4. The van der Waals surface area contributed by atoms with E-state index < -0.39 is 11.7 Å². The fraction of sp³-hybridized carbons (Fsp3) is 0.259. The van der Waals surface area contributed by atoms with Gasteiger partial charge in [-0.1, -0.05) is 27.7 Å². The van der Waals surface area contributed by atoms with Crippen molar-refractivity contribution in [1.29, 1.82) is 5.26 Å². The predicted octanol–water partition coefficient (Wildman–Crippen LogP) is 7.44. The Hall–Kier alpha value is -3.35. The smallest absolute Gasteiger partial charge is 0.421 e. The van der Waals surface area contributed by atoms with Gasteiger partial charge in [0.05, 0.1) is 28.4 Å². The molecule has 0 N–H and O–H groups in total. The SMILES string of the molecule is Cc1cc(Br)cc(C)c1Sc1nc(N(C(=O)OC(C)(C)C)c2ccc(C#N)cc2)nc2ccn(C)c12. The van der Waals surface area contributed by atoms with Gasteiger partial charge >= 0.3 is 6.09 Å². The van der Waals surface area contributed by atoms with Crippen LogP contribution in [0.2, 0.25) is 0 Å². The molecule has 0 aliphatic carbocycles. The first kappa shape index (κ1) is 25.7. The Morgan fingerprint density at radius 1 is 1.11 bits per heavy atom. The largest absolute Gasteiger partial charge is 0.443 e. The summed E-state index contributed by atoms with van der Waals surface area (Å²) in [6, 6.07) is 14.8. The Bertz CT molecular complexity index is 1480. The highest BCUT2D eigenvalue weighted by Gasteiger charge is 2.28. The highest BCUT2D eigenvalue weighted by Crippen LogP contribution is 2.39.